The minimum absolute atomic E-state index is 0. The van der Waals surface area contributed by atoms with Crippen LogP contribution in [0.3, 0.4) is 0 Å². The first kappa shape index (κ1) is 21.2. The maximum Gasteiger partial charge on any atom is 0.225 e. The highest BCUT2D eigenvalue weighted by Gasteiger charge is 2.24. The van der Waals surface area contributed by atoms with Crippen LogP contribution in [-0.2, 0) is 11.3 Å². The van der Waals surface area contributed by atoms with E-state index in [-0.39, 0.29) is 35.8 Å². The van der Waals surface area contributed by atoms with Crippen LogP contribution in [0.25, 0.3) is 0 Å². The Hall–Kier alpha value is -2.09. The summed E-state index contributed by atoms with van der Waals surface area (Å²) in [4.78, 5) is 16.7. The number of halogens is 1. The van der Waals surface area contributed by atoms with Gasteiger partial charge in [-0.3, -0.25) is 4.79 Å². The van der Waals surface area contributed by atoms with Gasteiger partial charge in [-0.2, -0.15) is 0 Å². The Bertz CT molecular complexity index is 806. The lowest BCUT2D eigenvalue weighted by molar-refractivity contribution is -0.116. The summed E-state index contributed by atoms with van der Waals surface area (Å²) in [7, 11) is 0. The van der Waals surface area contributed by atoms with E-state index < -0.39 is 0 Å². The molecule has 1 amide bonds. The third-order valence-corrected chi connectivity index (χ3v) is 4.64. The summed E-state index contributed by atoms with van der Waals surface area (Å²) in [6.07, 6.45) is 0.487. The number of amides is 1. The van der Waals surface area contributed by atoms with Crippen LogP contribution in [0.1, 0.15) is 36.0 Å². The predicted octanol–water partition coefficient (Wildman–Crippen LogP) is 3.79. The van der Waals surface area contributed by atoms with E-state index >= 15 is 0 Å². The molecule has 144 valence electrons. The van der Waals surface area contributed by atoms with Crippen molar-refractivity contribution in [2.24, 2.45) is 4.99 Å². The fourth-order valence-corrected chi connectivity index (χ4v) is 3.20. The molecule has 0 saturated carbocycles. The van der Waals surface area contributed by atoms with E-state index in [1.807, 2.05) is 37.3 Å². The number of hydrogen-bond acceptors (Lipinski definition) is 2. The van der Waals surface area contributed by atoms with Crippen molar-refractivity contribution in [1.29, 1.82) is 0 Å². The van der Waals surface area contributed by atoms with Crippen molar-refractivity contribution in [3.8, 4) is 0 Å². The summed E-state index contributed by atoms with van der Waals surface area (Å²) in [5.41, 5.74) is 4.55. The van der Waals surface area contributed by atoms with Gasteiger partial charge >= 0.3 is 0 Å². The monoisotopic (exact) mass is 478 g/mol. The lowest BCUT2D eigenvalue weighted by atomic mass is 9.90. The summed E-state index contributed by atoms with van der Waals surface area (Å²) < 4.78 is 0. The standard InChI is InChI=1S/C21H26N4O.HI/c1-3-22-21(23-13-16-9-5-4-8-15(16)2)24-14-17-12-20(26)25-19-11-7-6-10-18(17)19;/h4-11,17H,3,12-14H2,1-2H3,(H,25,26)(H2,22,23,24);1H. The van der Waals surface area contributed by atoms with Gasteiger partial charge in [-0.1, -0.05) is 42.5 Å². The molecule has 0 aliphatic carbocycles. The number of rotatable bonds is 5. The maximum atomic E-state index is 12.0. The minimum Gasteiger partial charge on any atom is -0.357 e. The Morgan fingerprint density at radius 3 is 2.67 bits per heavy atom. The molecule has 0 spiro atoms. The van der Waals surface area contributed by atoms with E-state index in [9.17, 15) is 4.79 Å². The van der Waals surface area contributed by atoms with E-state index in [0.29, 0.717) is 19.5 Å². The highest BCUT2D eigenvalue weighted by Crippen LogP contribution is 2.31. The van der Waals surface area contributed by atoms with Crippen LogP contribution in [-0.4, -0.2) is 25.0 Å². The number of aryl methyl sites for hydroxylation is 1. The van der Waals surface area contributed by atoms with Gasteiger partial charge in [0.2, 0.25) is 5.91 Å². The second-order valence-corrected chi connectivity index (χ2v) is 6.54. The number of hydrogen-bond donors (Lipinski definition) is 3. The number of nitrogens with zero attached hydrogens (tertiary/aromatic N) is 1. The van der Waals surface area contributed by atoms with Gasteiger partial charge in [0, 0.05) is 31.1 Å². The first-order chi connectivity index (χ1) is 12.7. The van der Waals surface area contributed by atoms with Gasteiger partial charge in [-0.25, -0.2) is 4.99 Å². The third-order valence-electron chi connectivity index (χ3n) is 4.64. The molecule has 1 aliphatic rings. The second-order valence-electron chi connectivity index (χ2n) is 6.54. The van der Waals surface area contributed by atoms with Gasteiger partial charge in [0.15, 0.2) is 5.96 Å². The lowest BCUT2D eigenvalue weighted by Crippen LogP contribution is -2.40. The van der Waals surface area contributed by atoms with E-state index in [1.165, 1.54) is 16.7 Å². The summed E-state index contributed by atoms with van der Waals surface area (Å²) in [6.45, 7) is 6.24. The molecule has 0 saturated heterocycles. The number of nitrogens with one attached hydrogen (secondary N) is 3. The lowest BCUT2D eigenvalue weighted by Gasteiger charge is -2.26. The predicted molar refractivity (Wildman–Crippen MR) is 122 cm³/mol. The minimum atomic E-state index is 0. The van der Waals surface area contributed by atoms with Gasteiger partial charge in [0.05, 0.1) is 6.54 Å². The van der Waals surface area contributed by atoms with Crippen LogP contribution < -0.4 is 16.0 Å². The molecule has 6 heteroatoms. The summed E-state index contributed by atoms with van der Waals surface area (Å²) in [6, 6.07) is 16.3. The molecule has 0 aromatic heterocycles. The van der Waals surface area contributed by atoms with E-state index in [2.05, 4.69) is 41.1 Å². The number of anilines is 1. The van der Waals surface area contributed by atoms with Crippen molar-refractivity contribution in [3.05, 3.63) is 65.2 Å². The zero-order valence-electron chi connectivity index (χ0n) is 15.8. The molecule has 0 radical (unpaired) electrons. The summed E-state index contributed by atoms with van der Waals surface area (Å²) in [5, 5.41) is 9.63. The smallest absolute Gasteiger partial charge is 0.225 e. The third kappa shape index (κ3) is 5.69. The van der Waals surface area contributed by atoms with Crippen molar-refractivity contribution in [3.63, 3.8) is 0 Å². The van der Waals surface area contributed by atoms with Gasteiger partial charge < -0.3 is 16.0 Å². The number of carbonyl (C=O) groups is 1. The van der Waals surface area contributed by atoms with Crippen molar-refractivity contribution in [2.75, 3.05) is 18.4 Å². The van der Waals surface area contributed by atoms with E-state index in [1.54, 1.807) is 0 Å². The molecule has 27 heavy (non-hydrogen) atoms. The highest BCUT2D eigenvalue weighted by atomic mass is 127. The van der Waals surface area contributed by atoms with Gasteiger partial charge in [-0.15, -0.1) is 24.0 Å². The first-order valence-corrected chi connectivity index (χ1v) is 9.13. The number of para-hydroxylation sites is 1. The largest absolute Gasteiger partial charge is 0.357 e. The molecule has 2 aromatic rings. The summed E-state index contributed by atoms with van der Waals surface area (Å²) >= 11 is 0. The fourth-order valence-electron chi connectivity index (χ4n) is 3.20. The van der Waals surface area contributed by atoms with E-state index in [0.717, 1.165) is 18.2 Å². The molecular formula is C21H27IN4O. The summed E-state index contributed by atoms with van der Waals surface area (Å²) in [5.74, 6) is 0.985. The normalized spacial score (nSPS) is 16.0. The molecule has 3 rings (SSSR count). The molecule has 0 fully saturated rings. The molecule has 1 heterocycles. The van der Waals surface area contributed by atoms with Crippen molar-refractivity contribution in [2.45, 2.75) is 32.7 Å². The maximum absolute atomic E-state index is 12.0. The Labute approximate surface area is 178 Å². The van der Waals surface area contributed by atoms with Crippen molar-refractivity contribution < 1.29 is 4.79 Å². The average Bonchev–Trinajstić information content (AvgIpc) is 2.64. The quantitative estimate of drug-likeness (QED) is 0.348. The zero-order chi connectivity index (χ0) is 18.4. The van der Waals surface area contributed by atoms with E-state index in [4.69, 9.17) is 4.99 Å². The number of carbonyl (C=O) groups excluding carboxylic acids is 1. The molecule has 1 atom stereocenters. The molecule has 1 aliphatic heterocycles. The molecule has 1 unspecified atom stereocenters. The Kier molecular flexibility index (Phi) is 8.09. The van der Waals surface area contributed by atoms with Crippen LogP contribution in [0.5, 0.6) is 0 Å². The zero-order valence-corrected chi connectivity index (χ0v) is 18.1. The van der Waals surface area contributed by atoms with Crippen LogP contribution in [0.4, 0.5) is 5.69 Å². The first-order valence-electron chi connectivity index (χ1n) is 9.13. The molecular weight excluding hydrogens is 451 g/mol. The highest BCUT2D eigenvalue weighted by molar-refractivity contribution is 14.0. The Morgan fingerprint density at radius 2 is 1.89 bits per heavy atom. The molecule has 3 N–H and O–H groups in total. The van der Waals surface area contributed by atoms with Crippen LogP contribution >= 0.6 is 24.0 Å². The van der Waals surface area contributed by atoms with Crippen LogP contribution in [0.2, 0.25) is 0 Å². The van der Waals surface area contributed by atoms with Gasteiger partial charge in [0.1, 0.15) is 0 Å². The molecule has 0 bridgehead atoms. The number of benzene rings is 2. The number of aliphatic imine (C=N–C) groups is 1. The van der Waals surface area contributed by atoms with Crippen LogP contribution in [0.15, 0.2) is 53.5 Å². The fraction of sp³-hybridized carbons (Fsp3) is 0.333. The molecule has 2 aromatic carbocycles. The Balaban J connectivity index is 0.00000261. The van der Waals surface area contributed by atoms with Crippen LogP contribution in [0, 0.1) is 6.92 Å². The number of guanidine groups is 1. The average molecular weight is 478 g/mol. The van der Waals surface area contributed by atoms with Gasteiger partial charge in [0.25, 0.3) is 0 Å². The van der Waals surface area contributed by atoms with Crippen molar-refractivity contribution in [1.82, 2.24) is 10.6 Å². The molecule has 5 nitrogen and oxygen atoms in total. The Morgan fingerprint density at radius 1 is 1.15 bits per heavy atom. The van der Waals surface area contributed by atoms with Gasteiger partial charge in [-0.05, 0) is 36.6 Å². The topological polar surface area (TPSA) is 65.5 Å². The second kappa shape index (κ2) is 10.3. The number of fused-ring (bicyclic) bond motifs is 1. The van der Waals surface area contributed by atoms with Crippen molar-refractivity contribution >= 4 is 41.5 Å². The SMILES string of the molecule is CCNC(=NCc1ccccc1C)NCC1CC(=O)Nc2ccccc21.I.